The maximum absolute atomic E-state index is 13.7. The van der Waals surface area contributed by atoms with Crippen molar-refractivity contribution in [3.63, 3.8) is 0 Å². The Balaban J connectivity index is 2.10. The highest BCUT2D eigenvalue weighted by Gasteiger charge is 2.10. The van der Waals surface area contributed by atoms with Gasteiger partial charge in [-0.2, -0.15) is 0 Å². The lowest BCUT2D eigenvalue weighted by molar-refractivity contribution is -0.385. The normalized spacial score (nSPS) is 10.3. The first-order valence-corrected chi connectivity index (χ1v) is 6.28. The van der Waals surface area contributed by atoms with Gasteiger partial charge in [-0.25, -0.2) is 4.39 Å². The summed E-state index contributed by atoms with van der Waals surface area (Å²) < 4.78 is 13.7. The van der Waals surface area contributed by atoms with Gasteiger partial charge in [-0.15, -0.1) is 0 Å². The van der Waals surface area contributed by atoms with Gasteiger partial charge in [-0.05, 0) is 30.2 Å². The van der Waals surface area contributed by atoms with Crippen LogP contribution in [0.1, 0.15) is 11.1 Å². The van der Waals surface area contributed by atoms with Crippen LogP contribution in [0.4, 0.5) is 15.8 Å². The molecule has 0 aliphatic rings. The molecular weight excluding hydrogens is 283 g/mol. The molecule has 104 valence electrons. The minimum absolute atomic E-state index is 0.215. The Labute approximate surface area is 120 Å². The van der Waals surface area contributed by atoms with Crippen molar-refractivity contribution < 1.29 is 9.31 Å². The van der Waals surface area contributed by atoms with Gasteiger partial charge >= 0.3 is 0 Å². The van der Waals surface area contributed by atoms with Crippen LogP contribution in [-0.4, -0.2) is 4.92 Å². The van der Waals surface area contributed by atoms with E-state index in [1.165, 1.54) is 12.1 Å². The van der Waals surface area contributed by atoms with Crippen molar-refractivity contribution in [2.45, 2.75) is 13.5 Å². The fraction of sp³-hybridized carbons (Fsp3) is 0.143. The van der Waals surface area contributed by atoms with Crippen LogP contribution in [0.3, 0.4) is 0 Å². The maximum atomic E-state index is 13.7. The molecule has 0 fully saturated rings. The molecule has 0 aromatic heterocycles. The van der Waals surface area contributed by atoms with Crippen LogP contribution in [0.25, 0.3) is 0 Å². The predicted octanol–water partition coefficient (Wildman–Crippen LogP) is 4.31. The Kier molecular flexibility index (Phi) is 4.20. The molecule has 0 heterocycles. The predicted molar refractivity (Wildman–Crippen MR) is 76.6 cm³/mol. The van der Waals surface area contributed by atoms with E-state index in [0.717, 1.165) is 17.2 Å². The van der Waals surface area contributed by atoms with E-state index in [1.54, 1.807) is 6.07 Å². The molecule has 0 saturated heterocycles. The van der Waals surface area contributed by atoms with Gasteiger partial charge in [-0.3, -0.25) is 10.1 Å². The molecule has 4 nitrogen and oxygen atoms in total. The molecule has 0 atom stereocenters. The number of benzene rings is 2. The van der Waals surface area contributed by atoms with E-state index >= 15 is 0 Å². The molecular formula is C14H12ClFN2O2. The second kappa shape index (κ2) is 5.88. The summed E-state index contributed by atoms with van der Waals surface area (Å²) in [5, 5.41) is 14.0. The standard InChI is InChI=1S/C14H12ClFN2O2/c1-9-2-3-10(6-12(9)15)8-17-14-5-4-11(18(19)20)7-13(14)16/h2-7,17H,8H2,1H3. The third kappa shape index (κ3) is 3.24. The molecule has 0 unspecified atom stereocenters. The van der Waals surface area contributed by atoms with Gasteiger partial charge < -0.3 is 5.32 Å². The Morgan fingerprint density at radius 3 is 2.65 bits per heavy atom. The number of nitro benzene ring substituents is 1. The Morgan fingerprint density at radius 1 is 1.30 bits per heavy atom. The second-order valence-corrected chi connectivity index (χ2v) is 4.77. The Bertz CT molecular complexity index is 662. The number of nitro groups is 1. The molecule has 2 rings (SSSR count). The molecule has 6 heteroatoms. The monoisotopic (exact) mass is 294 g/mol. The number of nitrogens with one attached hydrogen (secondary N) is 1. The van der Waals surface area contributed by atoms with Crippen molar-refractivity contribution in [3.8, 4) is 0 Å². The van der Waals surface area contributed by atoms with Crippen molar-refractivity contribution >= 4 is 23.0 Å². The summed E-state index contributed by atoms with van der Waals surface area (Å²) >= 11 is 6.01. The average molecular weight is 295 g/mol. The first kappa shape index (κ1) is 14.3. The number of rotatable bonds is 4. The van der Waals surface area contributed by atoms with Gasteiger partial charge in [-0.1, -0.05) is 23.7 Å². The average Bonchev–Trinajstić information content (AvgIpc) is 2.41. The summed E-state index contributed by atoms with van der Waals surface area (Å²) in [6, 6.07) is 9.07. The van der Waals surface area contributed by atoms with Gasteiger partial charge in [0, 0.05) is 17.6 Å². The van der Waals surface area contributed by atoms with Crippen LogP contribution in [0, 0.1) is 22.9 Å². The number of anilines is 1. The van der Waals surface area contributed by atoms with Crippen molar-refractivity contribution in [2.75, 3.05) is 5.32 Å². The molecule has 2 aromatic carbocycles. The van der Waals surface area contributed by atoms with Crippen LogP contribution in [-0.2, 0) is 6.54 Å². The lowest BCUT2D eigenvalue weighted by Crippen LogP contribution is -2.02. The van der Waals surface area contributed by atoms with Gasteiger partial charge in [0.1, 0.15) is 0 Å². The van der Waals surface area contributed by atoms with Gasteiger partial charge in [0.2, 0.25) is 0 Å². The molecule has 0 amide bonds. The lowest BCUT2D eigenvalue weighted by atomic mass is 10.1. The van der Waals surface area contributed by atoms with Crippen LogP contribution in [0.5, 0.6) is 0 Å². The summed E-state index contributed by atoms with van der Waals surface area (Å²) in [4.78, 5) is 9.88. The number of hydrogen-bond acceptors (Lipinski definition) is 3. The zero-order valence-corrected chi connectivity index (χ0v) is 11.4. The van der Waals surface area contributed by atoms with Crippen molar-refractivity contribution in [2.24, 2.45) is 0 Å². The van der Waals surface area contributed by atoms with Crippen LogP contribution in [0.15, 0.2) is 36.4 Å². The van der Waals surface area contributed by atoms with E-state index in [9.17, 15) is 14.5 Å². The molecule has 0 spiro atoms. The third-order valence-corrected chi connectivity index (χ3v) is 3.29. The fourth-order valence-corrected chi connectivity index (χ4v) is 1.91. The molecule has 0 saturated carbocycles. The van der Waals surface area contributed by atoms with E-state index in [2.05, 4.69) is 5.32 Å². The van der Waals surface area contributed by atoms with Crippen molar-refractivity contribution in [1.29, 1.82) is 0 Å². The zero-order chi connectivity index (χ0) is 14.7. The van der Waals surface area contributed by atoms with E-state index in [1.807, 2.05) is 19.1 Å². The topological polar surface area (TPSA) is 55.2 Å². The third-order valence-electron chi connectivity index (χ3n) is 2.88. The molecule has 0 bridgehead atoms. The number of halogens is 2. The van der Waals surface area contributed by atoms with Crippen LogP contribution < -0.4 is 5.32 Å². The van der Waals surface area contributed by atoms with Crippen LogP contribution >= 0.6 is 11.6 Å². The van der Waals surface area contributed by atoms with E-state index in [4.69, 9.17) is 11.6 Å². The van der Waals surface area contributed by atoms with Crippen LogP contribution in [0.2, 0.25) is 5.02 Å². The van der Waals surface area contributed by atoms with Gasteiger partial charge in [0.05, 0.1) is 16.7 Å². The number of hydrogen-bond donors (Lipinski definition) is 1. The maximum Gasteiger partial charge on any atom is 0.272 e. The Hall–Kier alpha value is -2.14. The zero-order valence-electron chi connectivity index (χ0n) is 10.7. The summed E-state index contributed by atoms with van der Waals surface area (Å²) in [6.07, 6.45) is 0. The van der Waals surface area contributed by atoms with E-state index in [0.29, 0.717) is 11.6 Å². The summed E-state index contributed by atoms with van der Waals surface area (Å²) in [5.74, 6) is -0.655. The van der Waals surface area contributed by atoms with Crippen molar-refractivity contribution in [1.82, 2.24) is 0 Å². The number of aryl methyl sites for hydroxylation is 1. The lowest BCUT2D eigenvalue weighted by Gasteiger charge is -2.08. The fourth-order valence-electron chi connectivity index (χ4n) is 1.70. The molecule has 0 aliphatic heterocycles. The minimum atomic E-state index is -0.655. The van der Waals surface area contributed by atoms with Gasteiger partial charge in [0.25, 0.3) is 5.69 Å². The minimum Gasteiger partial charge on any atom is -0.379 e. The second-order valence-electron chi connectivity index (χ2n) is 4.36. The first-order valence-electron chi connectivity index (χ1n) is 5.90. The van der Waals surface area contributed by atoms with E-state index < -0.39 is 10.7 Å². The van der Waals surface area contributed by atoms with Crippen molar-refractivity contribution in [3.05, 3.63) is 68.5 Å². The molecule has 0 aliphatic carbocycles. The largest absolute Gasteiger partial charge is 0.379 e. The quantitative estimate of drug-likeness (QED) is 0.675. The molecule has 20 heavy (non-hydrogen) atoms. The van der Waals surface area contributed by atoms with E-state index in [-0.39, 0.29) is 11.4 Å². The highest BCUT2D eigenvalue weighted by molar-refractivity contribution is 6.31. The SMILES string of the molecule is Cc1ccc(CNc2ccc([N+](=O)[O-])cc2F)cc1Cl. The summed E-state index contributed by atoms with van der Waals surface area (Å²) in [6.45, 7) is 2.28. The molecule has 1 N–H and O–H groups in total. The first-order chi connectivity index (χ1) is 9.47. The van der Waals surface area contributed by atoms with Gasteiger partial charge in [0.15, 0.2) is 5.82 Å². The smallest absolute Gasteiger partial charge is 0.272 e. The molecule has 2 aromatic rings. The number of nitrogens with zero attached hydrogens (tertiary/aromatic N) is 1. The highest BCUT2D eigenvalue weighted by atomic mass is 35.5. The highest BCUT2D eigenvalue weighted by Crippen LogP contribution is 2.22. The summed E-state index contributed by atoms with van der Waals surface area (Å²) in [7, 11) is 0. The number of non-ortho nitro benzene ring substituents is 1. The summed E-state index contributed by atoms with van der Waals surface area (Å²) in [5.41, 5.74) is 1.81. The Morgan fingerprint density at radius 2 is 2.05 bits per heavy atom. The molecule has 0 radical (unpaired) electrons.